The van der Waals surface area contributed by atoms with Crippen molar-refractivity contribution in [2.24, 2.45) is 0 Å². The van der Waals surface area contributed by atoms with Crippen molar-refractivity contribution >= 4 is 34.3 Å². The van der Waals surface area contributed by atoms with E-state index >= 15 is 0 Å². The lowest BCUT2D eigenvalue weighted by Gasteiger charge is -1.96. The molecule has 2 rings (SSSR count). The largest absolute Gasteiger partial charge is 0.420 e. The second-order valence-electron chi connectivity index (χ2n) is 3.22. The number of hydrogen-bond acceptors (Lipinski definition) is 2. The van der Waals surface area contributed by atoms with Gasteiger partial charge in [0.1, 0.15) is 0 Å². The first-order valence-electron chi connectivity index (χ1n) is 4.72. The molecule has 0 spiro atoms. The van der Waals surface area contributed by atoms with E-state index in [1.54, 1.807) is 24.3 Å². The molecule has 0 N–H and O–H groups in total. The van der Waals surface area contributed by atoms with Gasteiger partial charge in [-0.3, -0.25) is 4.57 Å². The number of hydrogen-bond donors (Lipinski definition) is 0. The zero-order valence-corrected chi connectivity index (χ0v) is 9.83. The molecule has 2 aromatic rings. The van der Waals surface area contributed by atoms with Crippen LogP contribution in [0.1, 0.15) is 0 Å². The SMILES string of the molecule is O=c1oc2ccc(Cl)cc2n1C/C=C/CCl. The van der Waals surface area contributed by atoms with Crippen molar-refractivity contribution in [1.29, 1.82) is 0 Å². The Hall–Kier alpha value is -1.19. The molecule has 0 aliphatic rings. The highest BCUT2D eigenvalue weighted by Crippen LogP contribution is 2.18. The third-order valence-electron chi connectivity index (χ3n) is 2.17. The minimum Gasteiger partial charge on any atom is -0.408 e. The van der Waals surface area contributed by atoms with Crippen LogP contribution in [0.25, 0.3) is 11.1 Å². The molecular formula is C11H9Cl2NO2. The Morgan fingerprint density at radius 2 is 2.19 bits per heavy atom. The molecule has 1 aromatic heterocycles. The van der Waals surface area contributed by atoms with E-state index in [4.69, 9.17) is 27.6 Å². The van der Waals surface area contributed by atoms with Gasteiger partial charge in [0.2, 0.25) is 0 Å². The van der Waals surface area contributed by atoms with Gasteiger partial charge in [0.15, 0.2) is 5.58 Å². The number of rotatable bonds is 3. The third kappa shape index (κ3) is 2.15. The molecular weight excluding hydrogens is 249 g/mol. The fraction of sp³-hybridized carbons (Fsp3) is 0.182. The third-order valence-corrected chi connectivity index (χ3v) is 2.59. The monoisotopic (exact) mass is 257 g/mol. The van der Waals surface area contributed by atoms with E-state index in [0.717, 1.165) is 0 Å². The summed E-state index contributed by atoms with van der Waals surface area (Å²) >= 11 is 11.4. The number of allylic oxidation sites excluding steroid dienone is 2. The van der Waals surface area contributed by atoms with Crippen molar-refractivity contribution in [3.63, 3.8) is 0 Å². The summed E-state index contributed by atoms with van der Waals surface area (Å²) in [4.78, 5) is 11.5. The first kappa shape index (κ1) is 11.3. The smallest absolute Gasteiger partial charge is 0.408 e. The van der Waals surface area contributed by atoms with Gasteiger partial charge >= 0.3 is 5.76 Å². The van der Waals surface area contributed by atoms with Crippen LogP contribution in [0.5, 0.6) is 0 Å². The molecule has 1 heterocycles. The van der Waals surface area contributed by atoms with Crippen molar-refractivity contribution in [3.8, 4) is 0 Å². The standard InChI is InChI=1S/C11H9Cl2NO2/c12-5-1-2-6-14-9-7-8(13)3-4-10(9)16-11(14)15/h1-4,7H,5-6H2/b2-1+. The number of benzene rings is 1. The van der Waals surface area contributed by atoms with Crippen molar-refractivity contribution in [2.45, 2.75) is 6.54 Å². The molecule has 0 aliphatic heterocycles. The molecule has 16 heavy (non-hydrogen) atoms. The van der Waals surface area contributed by atoms with Crippen LogP contribution in [-0.2, 0) is 6.54 Å². The summed E-state index contributed by atoms with van der Waals surface area (Å²) in [5, 5.41) is 0.573. The van der Waals surface area contributed by atoms with Crippen LogP contribution in [0.3, 0.4) is 0 Å². The topological polar surface area (TPSA) is 35.1 Å². The maximum atomic E-state index is 11.5. The molecule has 1 aromatic carbocycles. The van der Waals surface area contributed by atoms with Gasteiger partial charge in [0.25, 0.3) is 0 Å². The summed E-state index contributed by atoms with van der Waals surface area (Å²) in [6.07, 6.45) is 3.58. The second-order valence-corrected chi connectivity index (χ2v) is 3.96. The molecule has 0 saturated carbocycles. The predicted molar refractivity (Wildman–Crippen MR) is 65.3 cm³/mol. The molecule has 0 fully saturated rings. The molecule has 0 unspecified atom stereocenters. The minimum atomic E-state index is -0.392. The summed E-state index contributed by atoms with van der Waals surface area (Å²) < 4.78 is 6.57. The van der Waals surface area contributed by atoms with Gasteiger partial charge < -0.3 is 4.42 Å². The summed E-state index contributed by atoms with van der Waals surface area (Å²) in [6, 6.07) is 5.07. The summed E-state index contributed by atoms with van der Waals surface area (Å²) in [6.45, 7) is 0.429. The molecule has 84 valence electrons. The van der Waals surface area contributed by atoms with Gasteiger partial charge in [-0.1, -0.05) is 23.8 Å². The van der Waals surface area contributed by atoms with E-state index in [0.29, 0.717) is 28.5 Å². The lowest BCUT2D eigenvalue weighted by molar-refractivity contribution is 0.519. The number of halogens is 2. The Balaban J connectivity index is 2.50. The Morgan fingerprint density at radius 3 is 2.94 bits per heavy atom. The normalized spacial score (nSPS) is 11.6. The van der Waals surface area contributed by atoms with Crippen LogP contribution in [0.2, 0.25) is 5.02 Å². The Kier molecular flexibility index (Phi) is 3.36. The van der Waals surface area contributed by atoms with Crippen LogP contribution in [0.4, 0.5) is 0 Å². The van der Waals surface area contributed by atoms with Crippen molar-refractivity contribution in [3.05, 3.63) is 45.9 Å². The van der Waals surface area contributed by atoms with Gasteiger partial charge in [0, 0.05) is 17.4 Å². The first-order valence-corrected chi connectivity index (χ1v) is 5.63. The van der Waals surface area contributed by atoms with Gasteiger partial charge in [-0.15, -0.1) is 11.6 Å². The fourth-order valence-corrected chi connectivity index (χ4v) is 1.74. The van der Waals surface area contributed by atoms with E-state index < -0.39 is 5.76 Å². The predicted octanol–water partition coefficient (Wildman–Crippen LogP) is 3.04. The average Bonchev–Trinajstić information content (AvgIpc) is 2.56. The van der Waals surface area contributed by atoms with Crippen LogP contribution < -0.4 is 5.76 Å². The van der Waals surface area contributed by atoms with E-state index in [1.807, 2.05) is 6.08 Å². The van der Waals surface area contributed by atoms with E-state index in [-0.39, 0.29) is 0 Å². The minimum absolute atomic E-state index is 0.392. The summed E-state index contributed by atoms with van der Waals surface area (Å²) in [5.74, 6) is 0.0298. The first-order chi connectivity index (χ1) is 7.72. The molecule has 0 bridgehead atoms. The van der Waals surface area contributed by atoms with Crippen molar-refractivity contribution in [1.82, 2.24) is 4.57 Å². The maximum absolute atomic E-state index is 11.5. The van der Waals surface area contributed by atoms with Crippen molar-refractivity contribution < 1.29 is 4.42 Å². The molecule has 0 amide bonds. The highest BCUT2D eigenvalue weighted by atomic mass is 35.5. The lowest BCUT2D eigenvalue weighted by atomic mass is 10.3. The highest BCUT2D eigenvalue weighted by Gasteiger charge is 2.07. The van der Waals surface area contributed by atoms with Gasteiger partial charge in [0.05, 0.1) is 5.52 Å². The molecule has 5 heteroatoms. The van der Waals surface area contributed by atoms with Crippen molar-refractivity contribution in [2.75, 3.05) is 5.88 Å². The second kappa shape index (κ2) is 4.76. The number of alkyl halides is 1. The van der Waals surface area contributed by atoms with Crippen LogP contribution in [-0.4, -0.2) is 10.4 Å². The Bertz CT molecular complexity index is 583. The van der Waals surface area contributed by atoms with E-state index in [9.17, 15) is 4.79 Å². The maximum Gasteiger partial charge on any atom is 0.420 e. The van der Waals surface area contributed by atoms with E-state index in [1.165, 1.54) is 4.57 Å². The van der Waals surface area contributed by atoms with Gasteiger partial charge in [-0.25, -0.2) is 4.79 Å². The van der Waals surface area contributed by atoms with E-state index in [2.05, 4.69) is 0 Å². The van der Waals surface area contributed by atoms with Gasteiger partial charge in [-0.2, -0.15) is 0 Å². The molecule has 0 radical (unpaired) electrons. The number of aromatic nitrogens is 1. The zero-order valence-electron chi connectivity index (χ0n) is 8.32. The Labute approximate surface area is 102 Å². The van der Waals surface area contributed by atoms with Crippen LogP contribution >= 0.6 is 23.2 Å². The van der Waals surface area contributed by atoms with Crippen LogP contribution in [0.15, 0.2) is 39.6 Å². The van der Waals surface area contributed by atoms with Gasteiger partial charge in [-0.05, 0) is 18.2 Å². The quantitative estimate of drug-likeness (QED) is 0.626. The zero-order chi connectivity index (χ0) is 11.5. The average molecular weight is 258 g/mol. The summed E-state index contributed by atoms with van der Waals surface area (Å²) in [7, 11) is 0. The summed E-state index contributed by atoms with van der Waals surface area (Å²) in [5.41, 5.74) is 1.23. The Morgan fingerprint density at radius 1 is 1.38 bits per heavy atom. The van der Waals surface area contributed by atoms with Crippen LogP contribution in [0, 0.1) is 0 Å². The molecule has 0 aliphatic carbocycles. The molecule has 0 atom stereocenters. The molecule has 0 saturated heterocycles. The lowest BCUT2D eigenvalue weighted by Crippen LogP contribution is -2.12. The highest BCUT2D eigenvalue weighted by molar-refractivity contribution is 6.31. The number of fused-ring (bicyclic) bond motifs is 1. The number of nitrogens with zero attached hydrogens (tertiary/aromatic N) is 1. The number of oxazole rings is 1. The molecule has 3 nitrogen and oxygen atoms in total. The fourth-order valence-electron chi connectivity index (χ4n) is 1.45.